The molecule has 0 amide bonds. The van der Waals surface area contributed by atoms with Gasteiger partial charge in [0.25, 0.3) is 0 Å². The van der Waals surface area contributed by atoms with Crippen LogP contribution in [0.1, 0.15) is 32.6 Å². The molecular weight excluding hydrogens is 324 g/mol. The second-order valence-electron chi connectivity index (χ2n) is 6.36. The molecule has 4 rings (SSSR count). The summed E-state index contributed by atoms with van der Waals surface area (Å²) >= 11 is 1.56. The van der Waals surface area contributed by atoms with Gasteiger partial charge in [-0.3, -0.25) is 4.79 Å². The largest absolute Gasteiger partial charge is 0.288 e. The molecule has 0 heterocycles. The minimum Gasteiger partial charge on any atom is -0.288 e. The Morgan fingerprint density at radius 3 is 2.12 bits per heavy atom. The molecule has 0 aromatic heterocycles. The Hall–Kier alpha value is -2.58. The number of hydrogen-bond donors (Lipinski definition) is 0. The molecular formula is C23H18OS. The summed E-state index contributed by atoms with van der Waals surface area (Å²) in [6.45, 7) is 4.14. The van der Waals surface area contributed by atoms with Crippen molar-refractivity contribution >= 4 is 23.1 Å². The van der Waals surface area contributed by atoms with Gasteiger partial charge in [0.15, 0.2) is 0 Å². The highest BCUT2D eigenvalue weighted by Crippen LogP contribution is 2.44. The number of carbonyl (C=O) groups excluding carboxylic acids is 1. The molecule has 0 fully saturated rings. The van der Waals surface area contributed by atoms with Crippen LogP contribution in [0.15, 0.2) is 82.6 Å². The maximum Gasteiger partial charge on any atom is 0.200 e. The molecule has 1 nitrogen and oxygen atoms in total. The summed E-state index contributed by atoms with van der Waals surface area (Å²) in [6, 6.07) is 24.6. The first-order valence-electron chi connectivity index (χ1n) is 8.33. The summed E-state index contributed by atoms with van der Waals surface area (Å²) in [5.74, 6) is 0.124. The van der Waals surface area contributed by atoms with Crippen LogP contribution >= 0.6 is 11.8 Å². The number of benzene rings is 3. The van der Waals surface area contributed by atoms with Crippen molar-refractivity contribution < 1.29 is 4.79 Å². The van der Waals surface area contributed by atoms with Crippen LogP contribution in [0.25, 0.3) is 5.57 Å². The highest BCUT2D eigenvalue weighted by atomic mass is 32.2. The molecule has 0 atom stereocenters. The van der Waals surface area contributed by atoms with E-state index in [1.807, 2.05) is 30.3 Å². The molecule has 122 valence electrons. The van der Waals surface area contributed by atoms with Gasteiger partial charge in [-0.25, -0.2) is 0 Å². The van der Waals surface area contributed by atoms with Crippen LogP contribution in [0.3, 0.4) is 0 Å². The van der Waals surface area contributed by atoms with E-state index in [0.29, 0.717) is 0 Å². The molecule has 0 unspecified atom stereocenters. The molecule has 0 saturated heterocycles. The standard InChI is InChI=1S/C23H18OS/c1-15-8-11-18(12-9-15)25-23-21(17-6-4-3-5-7-17)20-14-16(2)10-13-19(20)22(23)24/h3-14H,1-2H3. The third kappa shape index (κ3) is 2.94. The normalized spacial score (nSPS) is 13.3. The summed E-state index contributed by atoms with van der Waals surface area (Å²) in [5, 5.41) is 0. The first-order valence-corrected chi connectivity index (χ1v) is 9.15. The van der Waals surface area contributed by atoms with Crippen molar-refractivity contribution in [2.24, 2.45) is 0 Å². The Labute approximate surface area is 152 Å². The smallest absolute Gasteiger partial charge is 0.200 e. The van der Waals surface area contributed by atoms with Crippen LogP contribution in [0.2, 0.25) is 0 Å². The van der Waals surface area contributed by atoms with Crippen LogP contribution in [0.5, 0.6) is 0 Å². The van der Waals surface area contributed by atoms with Crippen molar-refractivity contribution in [1.82, 2.24) is 0 Å². The first-order chi connectivity index (χ1) is 12.1. The summed E-state index contributed by atoms with van der Waals surface area (Å²) in [5.41, 5.74) is 6.38. The lowest BCUT2D eigenvalue weighted by molar-refractivity contribution is 0.104. The van der Waals surface area contributed by atoms with E-state index in [9.17, 15) is 4.79 Å². The highest BCUT2D eigenvalue weighted by Gasteiger charge is 2.31. The van der Waals surface area contributed by atoms with E-state index in [2.05, 4.69) is 56.3 Å². The van der Waals surface area contributed by atoms with Crippen molar-refractivity contribution in [2.75, 3.05) is 0 Å². The minimum atomic E-state index is 0.124. The number of allylic oxidation sites excluding steroid dienone is 1. The zero-order chi connectivity index (χ0) is 17.4. The Balaban J connectivity index is 1.89. The maximum absolute atomic E-state index is 13.1. The molecule has 1 aliphatic rings. The number of fused-ring (bicyclic) bond motifs is 1. The van der Waals surface area contributed by atoms with Crippen LogP contribution < -0.4 is 0 Å². The average molecular weight is 342 g/mol. The van der Waals surface area contributed by atoms with E-state index in [-0.39, 0.29) is 5.78 Å². The topological polar surface area (TPSA) is 17.1 Å². The Bertz CT molecular complexity index is 982. The van der Waals surface area contributed by atoms with Crippen molar-refractivity contribution in [1.29, 1.82) is 0 Å². The molecule has 3 aromatic carbocycles. The van der Waals surface area contributed by atoms with Gasteiger partial charge in [-0.1, -0.05) is 83.6 Å². The molecule has 1 aliphatic carbocycles. The molecule has 2 heteroatoms. The number of carbonyl (C=O) groups is 1. The maximum atomic E-state index is 13.1. The number of rotatable bonds is 3. The van der Waals surface area contributed by atoms with E-state index in [1.165, 1.54) is 11.1 Å². The fourth-order valence-corrected chi connectivity index (χ4v) is 4.17. The Kier molecular flexibility index (Phi) is 4.06. The Morgan fingerprint density at radius 1 is 0.720 bits per heavy atom. The van der Waals surface area contributed by atoms with E-state index in [0.717, 1.165) is 32.1 Å². The number of aryl methyl sites for hydroxylation is 2. The first kappa shape index (κ1) is 15.9. The predicted molar refractivity (Wildman–Crippen MR) is 105 cm³/mol. The van der Waals surface area contributed by atoms with E-state index in [4.69, 9.17) is 0 Å². The zero-order valence-corrected chi connectivity index (χ0v) is 15.1. The molecule has 0 N–H and O–H groups in total. The molecule has 0 spiro atoms. The number of ketones is 1. The van der Waals surface area contributed by atoms with Gasteiger partial charge in [0, 0.05) is 16.0 Å². The van der Waals surface area contributed by atoms with Crippen LogP contribution in [0, 0.1) is 13.8 Å². The SMILES string of the molecule is Cc1ccc(SC2=C(c3ccccc3)c3cc(C)ccc3C2=O)cc1. The third-order valence-corrected chi connectivity index (χ3v) is 5.53. The number of Topliss-reactive ketones (excluding diaryl/α,β-unsaturated/α-hetero) is 1. The van der Waals surface area contributed by atoms with Crippen molar-refractivity contribution in [3.8, 4) is 0 Å². The molecule has 3 aromatic rings. The summed E-state index contributed by atoms with van der Waals surface area (Å²) < 4.78 is 0. The van der Waals surface area contributed by atoms with Gasteiger partial charge in [-0.15, -0.1) is 0 Å². The van der Waals surface area contributed by atoms with Crippen molar-refractivity contribution in [2.45, 2.75) is 18.7 Å². The second-order valence-corrected chi connectivity index (χ2v) is 7.45. The van der Waals surface area contributed by atoms with Crippen LogP contribution in [-0.4, -0.2) is 5.78 Å². The quantitative estimate of drug-likeness (QED) is 0.576. The Morgan fingerprint density at radius 2 is 1.40 bits per heavy atom. The summed E-state index contributed by atoms with van der Waals surface area (Å²) in [6.07, 6.45) is 0. The lowest BCUT2D eigenvalue weighted by atomic mass is 9.98. The molecule has 0 radical (unpaired) electrons. The number of thioether (sulfide) groups is 1. The van der Waals surface area contributed by atoms with E-state index >= 15 is 0 Å². The average Bonchev–Trinajstić information content (AvgIpc) is 2.89. The lowest BCUT2D eigenvalue weighted by Gasteiger charge is -2.09. The highest BCUT2D eigenvalue weighted by molar-refractivity contribution is 8.04. The van der Waals surface area contributed by atoms with Gasteiger partial charge in [0.1, 0.15) is 0 Å². The second kappa shape index (κ2) is 6.38. The minimum absolute atomic E-state index is 0.124. The van der Waals surface area contributed by atoms with Gasteiger partial charge < -0.3 is 0 Å². The lowest BCUT2D eigenvalue weighted by Crippen LogP contribution is -1.96. The van der Waals surface area contributed by atoms with E-state index < -0.39 is 0 Å². The molecule has 0 bridgehead atoms. The van der Waals surface area contributed by atoms with Crippen LogP contribution in [0.4, 0.5) is 0 Å². The molecule has 25 heavy (non-hydrogen) atoms. The zero-order valence-electron chi connectivity index (χ0n) is 14.2. The predicted octanol–water partition coefficient (Wildman–Crippen LogP) is 6.05. The van der Waals surface area contributed by atoms with Gasteiger partial charge in [-0.05, 0) is 37.1 Å². The van der Waals surface area contributed by atoms with Gasteiger partial charge in [-0.2, -0.15) is 0 Å². The van der Waals surface area contributed by atoms with Gasteiger partial charge >= 0.3 is 0 Å². The number of hydrogen-bond acceptors (Lipinski definition) is 2. The fraction of sp³-hybridized carbons (Fsp3) is 0.0870. The molecule has 0 aliphatic heterocycles. The monoisotopic (exact) mass is 342 g/mol. The van der Waals surface area contributed by atoms with Gasteiger partial charge in [0.05, 0.1) is 4.91 Å². The van der Waals surface area contributed by atoms with E-state index in [1.54, 1.807) is 11.8 Å². The molecule has 0 saturated carbocycles. The van der Waals surface area contributed by atoms with Crippen molar-refractivity contribution in [3.63, 3.8) is 0 Å². The third-order valence-electron chi connectivity index (χ3n) is 4.43. The summed E-state index contributed by atoms with van der Waals surface area (Å²) in [4.78, 5) is 15.0. The summed E-state index contributed by atoms with van der Waals surface area (Å²) in [7, 11) is 0. The van der Waals surface area contributed by atoms with Crippen molar-refractivity contribution in [3.05, 3.63) is 106 Å². The fourth-order valence-electron chi connectivity index (χ4n) is 3.13. The van der Waals surface area contributed by atoms with Crippen LogP contribution in [-0.2, 0) is 0 Å². The van der Waals surface area contributed by atoms with Gasteiger partial charge in [0.2, 0.25) is 5.78 Å².